The van der Waals surface area contributed by atoms with E-state index in [0.717, 1.165) is 30.3 Å². The molecule has 2 aromatic rings. The molecule has 2 rings (SSSR count). The van der Waals surface area contributed by atoms with Gasteiger partial charge in [0.05, 0.1) is 5.02 Å². The molecule has 0 atom stereocenters. The highest BCUT2D eigenvalue weighted by molar-refractivity contribution is 7.87. The average Bonchev–Trinajstić information content (AvgIpc) is 2.35. The molecule has 0 saturated carbocycles. The van der Waals surface area contributed by atoms with Gasteiger partial charge in [0.15, 0.2) is 11.6 Å². The van der Waals surface area contributed by atoms with E-state index in [-0.39, 0.29) is 9.92 Å². The molecule has 0 amide bonds. The van der Waals surface area contributed by atoms with Crippen molar-refractivity contribution in [1.29, 1.82) is 0 Å². The Kier molecular flexibility index (Phi) is 3.73. The maximum Gasteiger partial charge on any atom is 0.339 e. The van der Waals surface area contributed by atoms with E-state index in [9.17, 15) is 17.2 Å². The van der Waals surface area contributed by atoms with Crippen LogP contribution in [-0.2, 0) is 10.1 Å². The molecule has 0 aliphatic carbocycles. The maximum atomic E-state index is 13.3. The van der Waals surface area contributed by atoms with E-state index in [2.05, 4.69) is 4.18 Å². The van der Waals surface area contributed by atoms with Crippen molar-refractivity contribution in [2.75, 3.05) is 0 Å². The monoisotopic (exact) mass is 304 g/mol. The average molecular weight is 305 g/mol. The fourth-order valence-corrected chi connectivity index (χ4v) is 2.52. The van der Waals surface area contributed by atoms with Gasteiger partial charge in [-0.25, -0.2) is 8.78 Å². The third-order valence-electron chi connectivity index (χ3n) is 2.22. The van der Waals surface area contributed by atoms with Crippen LogP contribution in [0.2, 0.25) is 5.02 Å². The molecule has 7 heteroatoms. The summed E-state index contributed by atoms with van der Waals surface area (Å²) in [6, 6.07) is 7.81. The number of hydrogen-bond donors (Lipinski definition) is 0. The summed E-state index contributed by atoms with van der Waals surface area (Å²) in [5, 5.41) is -0.363. The Balaban J connectivity index is 2.38. The predicted octanol–water partition coefficient (Wildman–Crippen LogP) is 3.39. The van der Waals surface area contributed by atoms with Crippen molar-refractivity contribution >= 4 is 21.7 Å². The highest BCUT2D eigenvalue weighted by atomic mass is 35.5. The molecule has 0 aliphatic rings. The molecule has 0 heterocycles. The lowest BCUT2D eigenvalue weighted by Gasteiger charge is -2.08. The van der Waals surface area contributed by atoms with Crippen LogP contribution >= 0.6 is 11.6 Å². The maximum absolute atomic E-state index is 13.3. The van der Waals surface area contributed by atoms with Crippen molar-refractivity contribution in [3.63, 3.8) is 0 Å². The Morgan fingerprint density at radius 3 is 2.32 bits per heavy atom. The zero-order chi connectivity index (χ0) is 14.0. The van der Waals surface area contributed by atoms with Crippen LogP contribution in [-0.4, -0.2) is 8.42 Å². The SMILES string of the molecule is O=S(=O)(Oc1ccccc1F)c1ccc(F)c(Cl)c1. The van der Waals surface area contributed by atoms with E-state index in [1.165, 1.54) is 12.1 Å². The molecule has 100 valence electrons. The molecule has 3 nitrogen and oxygen atoms in total. The van der Waals surface area contributed by atoms with Crippen molar-refractivity contribution in [3.8, 4) is 5.75 Å². The van der Waals surface area contributed by atoms with E-state index < -0.39 is 27.5 Å². The summed E-state index contributed by atoms with van der Waals surface area (Å²) in [6.07, 6.45) is 0. The molecule has 2 aromatic carbocycles. The largest absolute Gasteiger partial charge is 0.376 e. The summed E-state index contributed by atoms with van der Waals surface area (Å²) in [5.41, 5.74) is 0. The summed E-state index contributed by atoms with van der Waals surface area (Å²) in [6.45, 7) is 0. The topological polar surface area (TPSA) is 43.4 Å². The summed E-state index contributed by atoms with van der Waals surface area (Å²) >= 11 is 5.49. The minimum Gasteiger partial charge on any atom is -0.376 e. The third-order valence-corrected chi connectivity index (χ3v) is 3.74. The smallest absolute Gasteiger partial charge is 0.339 e. The van der Waals surface area contributed by atoms with Crippen molar-refractivity contribution in [3.05, 3.63) is 59.1 Å². The van der Waals surface area contributed by atoms with Crippen molar-refractivity contribution < 1.29 is 21.4 Å². The number of halogens is 3. The predicted molar refractivity (Wildman–Crippen MR) is 65.6 cm³/mol. The first kappa shape index (κ1) is 13.8. The molecule has 0 saturated heterocycles. The summed E-state index contributed by atoms with van der Waals surface area (Å²) in [5.74, 6) is -2.02. The van der Waals surface area contributed by atoms with Gasteiger partial charge in [0.25, 0.3) is 0 Å². The quantitative estimate of drug-likeness (QED) is 0.816. The molecule has 0 aromatic heterocycles. The third kappa shape index (κ3) is 3.02. The van der Waals surface area contributed by atoms with Crippen LogP contribution in [0.3, 0.4) is 0 Å². The molecule has 0 unspecified atom stereocenters. The van der Waals surface area contributed by atoms with E-state index in [1.54, 1.807) is 0 Å². The van der Waals surface area contributed by atoms with Crippen LogP contribution in [0.15, 0.2) is 47.4 Å². The van der Waals surface area contributed by atoms with E-state index in [1.807, 2.05) is 0 Å². The normalized spacial score (nSPS) is 11.3. The Labute approximate surface area is 113 Å². The fourth-order valence-electron chi connectivity index (χ4n) is 1.31. The molecular formula is C12H7ClF2O3S. The van der Waals surface area contributed by atoms with Crippen LogP contribution < -0.4 is 4.18 Å². The molecule has 0 aliphatic heterocycles. The Morgan fingerprint density at radius 1 is 1.00 bits per heavy atom. The number of rotatable bonds is 3. The molecule has 0 N–H and O–H groups in total. The second-order valence-corrected chi connectivity index (χ2v) is 5.50. The van der Waals surface area contributed by atoms with Crippen LogP contribution in [0.1, 0.15) is 0 Å². The number of benzene rings is 2. The zero-order valence-electron chi connectivity index (χ0n) is 9.31. The lowest BCUT2D eigenvalue weighted by molar-refractivity contribution is 0.461. The lowest BCUT2D eigenvalue weighted by Crippen LogP contribution is -2.10. The molecular weight excluding hydrogens is 298 g/mol. The Bertz CT molecular complexity index is 717. The van der Waals surface area contributed by atoms with Gasteiger partial charge in [-0.05, 0) is 30.3 Å². The zero-order valence-corrected chi connectivity index (χ0v) is 10.9. The van der Waals surface area contributed by atoms with Crippen LogP contribution in [0.4, 0.5) is 8.78 Å². The van der Waals surface area contributed by atoms with Gasteiger partial charge in [-0.3, -0.25) is 0 Å². The van der Waals surface area contributed by atoms with E-state index >= 15 is 0 Å². The van der Waals surface area contributed by atoms with Crippen LogP contribution in [0.25, 0.3) is 0 Å². The molecule has 0 spiro atoms. The first-order chi connectivity index (χ1) is 8.90. The van der Waals surface area contributed by atoms with E-state index in [0.29, 0.717) is 0 Å². The van der Waals surface area contributed by atoms with Crippen LogP contribution in [0.5, 0.6) is 5.75 Å². The van der Waals surface area contributed by atoms with Crippen LogP contribution in [0, 0.1) is 11.6 Å². The Morgan fingerprint density at radius 2 is 1.68 bits per heavy atom. The van der Waals surface area contributed by atoms with E-state index in [4.69, 9.17) is 11.6 Å². The van der Waals surface area contributed by atoms with Gasteiger partial charge in [-0.1, -0.05) is 23.7 Å². The van der Waals surface area contributed by atoms with Gasteiger partial charge in [0, 0.05) is 0 Å². The second kappa shape index (κ2) is 5.14. The van der Waals surface area contributed by atoms with Crippen molar-refractivity contribution in [2.45, 2.75) is 4.90 Å². The standard InChI is InChI=1S/C12H7ClF2O3S/c13-9-7-8(5-6-10(9)14)19(16,17)18-12-4-2-1-3-11(12)15/h1-7H. The van der Waals surface area contributed by atoms with Gasteiger partial charge in [-0.2, -0.15) is 8.42 Å². The lowest BCUT2D eigenvalue weighted by atomic mass is 10.3. The first-order valence-corrected chi connectivity index (χ1v) is 6.83. The Hall–Kier alpha value is -1.66. The van der Waals surface area contributed by atoms with Gasteiger partial charge in [-0.15, -0.1) is 0 Å². The molecule has 0 fully saturated rings. The highest BCUT2D eigenvalue weighted by Gasteiger charge is 2.19. The summed E-state index contributed by atoms with van der Waals surface area (Å²) in [7, 11) is -4.27. The van der Waals surface area contributed by atoms with Crippen molar-refractivity contribution in [2.24, 2.45) is 0 Å². The number of para-hydroxylation sites is 1. The second-order valence-electron chi connectivity index (χ2n) is 3.54. The molecule has 19 heavy (non-hydrogen) atoms. The van der Waals surface area contributed by atoms with Gasteiger partial charge >= 0.3 is 10.1 Å². The van der Waals surface area contributed by atoms with Gasteiger partial charge < -0.3 is 4.18 Å². The first-order valence-electron chi connectivity index (χ1n) is 5.04. The van der Waals surface area contributed by atoms with Gasteiger partial charge in [0.2, 0.25) is 0 Å². The highest BCUT2D eigenvalue weighted by Crippen LogP contribution is 2.24. The fraction of sp³-hybridized carbons (Fsp3) is 0. The van der Waals surface area contributed by atoms with Gasteiger partial charge in [0.1, 0.15) is 10.7 Å². The summed E-state index contributed by atoms with van der Waals surface area (Å²) in [4.78, 5) is -0.359. The summed E-state index contributed by atoms with van der Waals surface area (Å²) < 4.78 is 54.6. The minimum absolute atomic E-state index is 0.359. The number of hydrogen-bond acceptors (Lipinski definition) is 3. The minimum atomic E-state index is -4.27. The molecule has 0 radical (unpaired) electrons. The van der Waals surface area contributed by atoms with Crippen molar-refractivity contribution in [1.82, 2.24) is 0 Å². The molecule has 0 bridgehead atoms.